The minimum atomic E-state index is 0.695. The molecule has 0 saturated carbocycles. The van der Waals surface area contributed by atoms with Crippen molar-refractivity contribution in [3.8, 4) is 39.6 Å². The van der Waals surface area contributed by atoms with Crippen molar-refractivity contribution in [1.82, 2.24) is 14.5 Å². The Labute approximate surface area is 296 Å². The predicted octanol–water partition coefficient (Wildman–Crippen LogP) is 12.8. The van der Waals surface area contributed by atoms with Gasteiger partial charge in [-0.2, -0.15) is 0 Å². The van der Waals surface area contributed by atoms with Crippen molar-refractivity contribution in [2.45, 2.75) is 0 Å². The molecular formula is C46H27N3OS. The molecule has 0 saturated heterocycles. The Bertz CT molecular complexity index is 3150. The number of nitrogens with zero attached hydrogens (tertiary/aromatic N) is 3. The normalized spacial score (nSPS) is 11.9. The van der Waals surface area contributed by atoms with Crippen LogP contribution in [0, 0.1) is 0 Å². The quantitative estimate of drug-likeness (QED) is 0.187. The third kappa shape index (κ3) is 4.32. The zero-order valence-electron chi connectivity index (χ0n) is 27.2. The first kappa shape index (κ1) is 28.3. The number of furan rings is 1. The second-order valence-corrected chi connectivity index (χ2v) is 14.0. The van der Waals surface area contributed by atoms with Crippen molar-refractivity contribution in [2.75, 3.05) is 0 Å². The monoisotopic (exact) mass is 669 g/mol. The molecule has 0 amide bonds. The second-order valence-electron chi connectivity index (χ2n) is 12.9. The fourth-order valence-corrected chi connectivity index (χ4v) is 8.92. The number of hydrogen-bond acceptors (Lipinski definition) is 4. The molecule has 0 bridgehead atoms. The van der Waals surface area contributed by atoms with Crippen LogP contribution in [-0.2, 0) is 0 Å². The Morgan fingerprint density at radius 2 is 1.22 bits per heavy atom. The first-order chi connectivity index (χ1) is 25.3. The standard InChI is InChI=1S/C46H27N3OS/c1-2-12-28(13-3-1)29-14-10-15-30(26-29)37-27-42(48-46(47-37)36-20-11-19-34-32-17-6-9-23-41(32)51-45(34)36)49-38-21-7-4-18-35(38)43-39(49)25-24-33-31-16-5-8-22-40(31)50-44(33)43/h1-27H. The van der Waals surface area contributed by atoms with Gasteiger partial charge in [0.25, 0.3) is 0 Å². The van der Waals surface area contributed by atoms with E-state index >= 15 is 0 Å². The molecule has 11 aromatic rings. The van der Waals surface area contributed by atoms with Crippen LogP contribution in [0.4, 0.5) is 0 Å². The zero-order chi connectivity index (χ0) is 33.5. The minimum absolute atomic E-state index is 0.695. The van der Waals surface area contributed by atoms with E-state index < -0.39 is 0 Å². The molecule has 11 rings (SSSR count). The lowest BCUT2D eigenvalue weighted by Crippen LogP contribution is -2.02. The minimum Gasteiger partial charge on any atom is -0.455 e. The van der Waals surface area contributed by atoms with Crippen molar-refractivity contribution in [3.63, 3.8) is 0 Å². The average molecular weight is 670 g/mol. The Kier molecular flexibility index (Phi) is 6.09. The number of aromatic nitrogens is 3. The summed E-state index contributed by atoms with van der Waals surface area (Å²) in [6, 6.07) is 57.6. The molecule has 4 aromatic heterocycles. The zero-order valence-corrected chi connectivity index (χ0v) is 28.1. The van der Waals surface area contributed by atoms with Gasteiger partial charge in [-0.15, -0.1) is 11.3 Å². The molecule has 5 heteroatoms. The van der Waals surface area contributed by atoms with Gasteiger partial charge in [0, 0.05) is 53.5 Å². The second kappa shape index (κ2) is 11.0. The van der Waals surface area contributed by atoms with Crippen LogP contribution in [0.2, 0.25) is 0 Å². The summed E-state index contributed by atoms with van der Waals surface area (Å²) >= 11 is 1.80. The maximum absolute atomic E-state index is 6.60. The summed E-state index contributed by atoms with van der Waals surface area (Å²) < 4.78 is 11.3. The van der Waals surface area contributed by atoms with Gasteiger partial charge in [0.05, 0.1) is 22.1 Å². The number of fused-ring (bicyclic) bond motifs is 10. The highest BCUT2D eigenvalue weighted by Gasteiger charge is 2.21. The summed E-state index contributed by atoms with van der Waals surface area (Å²) in [7, 11) is 0. The summed E-state index contributed by atoms with van der Waals surface area (Å²) in [4.78, 5) is 10.8. The molecule has 51 heavy (non-hydrogen) atoms. The molecule has 0 fully saturated rings. The van der Waals surface area contributed by atoms with Crippen molar-refractivity contribution in [3.05, 3.63) is 164 Å². The molecule has 238 valence electrons. The Morgan fingerprint density at radius 3 is 2.14 bits per heavy atom. The molecule has 7 aromatic carbocycles. The van der Waals surface area contributed by atoms with E-state index in [4.69, 9.17) is 14.4 Å². The third-order valence-corrected chi connectivity index (χ3v) is 11.3. The van der Waals surface area contributed by atoms with E-state index in [9.17, 15) is 0 Å². The summed E-state index contributed by atoms with van der Waals surface area (Å²) in [6.45, 7) is 0. The van der Waals surface area contributed by atoms with E-state index in [1.807, 2.05) is 12.1 Å². The summed E-state index contributed by atoms with van der Waals surface area (Å²) in [5.41, 5.74) is 9.11. The van der Waals surface area contributed by atoms with Gasteiger partial charge in [-0.1, -0.05) is 115 Å². The van der Waals surface area contributed by atoms with E-state index in [1.54, 1.807) is 11.3 Å². The fourth-order valence-electron chi connectivity index (χ4n) is 7.71. The molecule has 4 heterocycles. The lowest BCUT2D eigenvalue weighted by Gasteiger charge is -2.13. The van der Waals surface area contributed by atoms with Crippen LogP contribution >= 0.6 is 11.3 Å². The van der Waals surface area contributed by atoms with Crippen LogP contribution in [0.1, 0.15) is 0 Å². The SMILES string of the molecule is c1ccc(-c2cccc(-c3cc(-n4c5ccccc5c5c6oc7ccccc7c6ccc54)nc(-c4cccc5c4sc4ccccc45)n3)c2)cc1. The summed E-state index contributed by atoms with van der Waals surface area (Å²) in [5.74, 6) is 1.50. The van der Waals surface area contributed by atoms with Gasteiger partial charge in [-0.3, -0.25) is 4.57 Å². The van der Waals surface area contributed by atoms with E-state index in [1.165, 1.54) is 25.7 Å². The maximum Gasteiger partial charge on any atom is 0.163 e. The fraction of sp³-hybridized carbons (Fsp3) is 0. The van der Waals surface area contributed by atoms with Crippen LogP contribution < -0.4 is 0 Å². The largest absolute Gasteiger partial charge is 0.455 e. The van der Waals surface area contributed by atoms with Crippen LogP contribution in [0.3, 0.4) is 0 Å². The third-order valence-electron chi connectivity index (χ3n) is 10.0. The molecule has 0 aliphatic carbocycles. The van der Waals surface area contributed by atoms with E-state index in [-0.39, 0.29) is 0 Å². The van der Waals surface area contributed by atoms with Gasteiger partial charge in [-0.05, 0) is 53.6 Å². The lowest BCUT2D eigenvalue weighted by molar-refractivity contribution is 0.673. The maximum atomic E-state index is 6.60. The van der Waals surface area contributed by atoms with Crippen LogP contribution in [0.25, 0.3) is 104 Å². The highest BCUT2D eigenvalue weighted by Crippen LogP contribution is 2.42. The van der Waals surface area contributed by atoms with E-state index in [2.05, 4.69) is 156 Å². The molecule has 0 atom stereocenters. The van der Waals surface area contributed by atoms with Crippen molar-refractivity contribution >= 4 is 75.3 Å². The molecular weight excluding hydrogens is 643 g/mol. The van der Waals surface area contributed by atoms with Crippen LogP contribution in [0.5, 0.6) is 0 Å². The van der Waals surface area contributed by atoms with Gasteiger partial charge in [0.15, 0.2) is 5.82 Å². The Morgan fingerprint density at radius 1 is 0.490 bits per heavy atom. The molecule has 4 nitrogen and oxygen atoms in total. The van der Waals surface area contributed by atoms with Gasteiger partial charge >= 0.3 is 0 Å². The van der Waals surface area contributed by atoms with Crippen LogP contribution in [-0.4, -0.2) is 14.5 Å². The first-order valence-corrected chi connectivity index (χ1v) is 17.9. The number of benzene rings is 7. The number of thiophene rings is 1. The van der Waals surface area contributed by atoms with Crippen LogP contribution in [0.15, 0.2) is 168 Å². The van der Waals surface area contributed by atoms with Gasteiger partial charge < -0.3 is 4.42 Å². The number of rotatable bonds is 4. The lowest BCUT2D eigenvalue weighted by atomic mass is 10.0. The van der Waals surface area contributed by atoms with Crippen molar-refractivity contribution in [2.24, 2.45) is 0 Å². The smallest absolute Gasteiger partial charge is 0.163 e. The van der Waals surface area contributed by atoms with E-state index in [0.717, 1.165) is 71.9 Å². The van der Waals surface area contributed by atoms with Crippen molar-refractivity contribution in [1.29, 1.82) is 0 Å². The Hall–Kier alpha value is -6.56. The molecule has 0 aliphatic heterocycles. The molecule has 0 aliphatic rings. The number of para-hydroxylation sites is 2. The highest BCUT2D eigenvalue weighted by atomic mass is 32.1. The number of hydrogen-bond donors (Lipinski definition) is 0. The predicted molar refractivity (Wildman–Crippen MR) is 213 cm³/mol. The van der Waals surface area contributed by atoms with Gasteiger partial charge in [0.1, 0.15) is 17.0 Å². The molecule has 0 unspecified atom stereocenters. The first-order valence-electron chi connectivity index (χ1n) is 17.1. The molecule has 0 radical (unpaired) electrons. The average Bonchev–Trinajstić information content (AvgIpc) is 3.88. The van der Waals surface area contributed by atoms with Gasteiger partial charge in [0.2, 0.25) is 0 Å². The van der Waals surface area contributed by atoms with Gasteiger partial charge in [-0.25, -0.2) is 9.97 Å². The van der Waals surface area contributed by atoms with Crippen molar-refractivity contribution < 1.29 is 4.42 Å². The molecule has 0 N–H and O–H groups in total. The highest BCUT2D eigenvalue weighted by molar-refractivity contribution is 7.26. The topological polar surface area (TPSA) is 43.9 Å². The summed E-state index contributed by atoms with van der Waals surface area (Å²) in [5, 5.41) is 6.91. The van der Waals surface area contributed by atoms with E-state index in [0.29, 0.717) is 5.82 Å². The Balaban J connectivity index is 1.22. The molecule has 0 spiro atoms. The summed E-state index contributed by atoms with van der Waals surface area (Å²) in [6.07, 6.45) is 0.